The first kappa shape index (κ1) is 14.7. The highest BCUT2D eigenvalue weighted by Crippen LogP contribution is 2.33. The molecule has 2 atom stereocenters. The van der Waals surface area contributed by atoms with Crippen LogP contribution in [0.5, 0.6) is 0 Å². The Balaban J connectivity index is 2.07. The van der Waals surface area contributed by atoms with Gasteiger partial charge >= 0.3 is 0 Å². The third-order valence-corrected chi connectivity index (χ3v) is 3.33. The second-order valence-electron chi connectivity index (χ2n) is 4.35. The van der Waals surface area contributed by atoms with E-state index in [-0.39, 0.29) is 24.6 Å². The summed E-state index contributed by atoms with van der Waals surface area (Å²) in [5.74, 6) is -0.888. The molecule has 0 radical (unpaired) electrons. The molecule has 1 aliphatic carbocycles. The number of allylic oxidation sites excluding steroid dienone is 2. The van der Waals surface area contributed by atoms with E-state index in [9.17, 15) is 14.7 Å². The molecule has 0 bridgehead atoms. The number of carbonyl (C=O) groups excluding carboxylic acids is 2. The molecule has 19 heavy (non-hydrogen) atoms. The number of ether oxygens (including phenoxy) is 1. The van der Waals surface area contributed by atoms with Gasteiger partial charge in [-0.3, -0.25) is 9.59 Å². The summed E-state index contributed by atoms with van der Waals surface area (Å²) in [7, 11) is 0. The van der Waals surface area contributed by atoms with Crippen LogP contribution >= 0.6 is 34.8 Å². The first-order valence-electron chi connectivity index (χ1n) is 5.39. The van der Waals surface area contributed by atoms with Gasteiger partial charge in [0.15, 0.2) is 5.78 Å². The molecule has 2 rings (SSSR count). The highest BCUT2D eigenvalue weighted by molar-refractivity contribution is 6.76. The average Bonchev–Trinajstić information content (AvgIpc) is 2.28. The van der Waals surface area contributed by atoms with Crippen molar-refractivity contribution in [3.8, 4) is 0 Å². The predicted octanol–water partition coefficient (Wildman–Crippen LogP) is 1.02. The lowest BCUT2D eigenvalue weighted by atomic mass is 9.86. The van der Waals surface area contributed by atoms with Crippen LogP contribution in [0.25, 0.3) is 0 Å². The number of hydrogen-bond donors (Lipinski definition) is 2. The maximum Gasteiger partial charge on any atom is 0.272 e. The van der Waals surface area contributed by atoms with Crippen LogP contribution in [0.1, 0.15) is 6.42 Å². The summed E-state index contributed by atoms with van der Waals surface area (Å²) in [5.41, 5.74) is -1.42. The Morgan fingerprint density at radius 1 is 1.53 bits per heavy atom. The number of rotatable bonds is 1. The van der Waals surface area contributed by atoms with E-state index in [4.69, 9.17) is 39.5 Å². The molecule has 0 spiro atoms. The topological polar surface area (TPSA) is 75.6 Å². The van der Waals surface area contributed by atoms with Crippen LogP contribution in [-0.4, -0.2) is 38.8 Å². The maximum absolute atomic E-state index is 11.5. The number of carbonyl (C=O) groups is 2. The van der Waals surface area contributed by atoms with Gasteiger partial charge in [-0.2, -0.15) is 0 Å². The molecule has 0 aromatic heterocycles. The van der Waals surface area contributed by atoms with Gasteiger partial charge in [-0.25, -0.2) is 0 Å². The van der Waals surface area contributed by atoms with Crippen molar-refractivity contribution in [2.45, 2.75) is 21.9 Å². The van der Waals surface area contributed by atoms with Crippen molar-refractivity contribution >= 4 is 46.5 Å². The summed E-state index contributed by atoms with van der Waals surface area (Å²) in [6, 6.07) is -0.525. The molecule has 0 aromatic carbocycles. The van der Waals surface area contributed by atoms with Crippen LogP contribution in [0.3, 0.4) is 0 Å². The van der Waals surface area contributed by atoms with Crippen molar-refractivity contribution in [1.29, 1.82) is 0 Å². The van der Waals surface area contributed by atoms with E-state index >= 15 is 0 Å². The number of aliphatic hydroxyl groups is 1. The molecule has 2 aliphatic rings. The Hall–Kier alpha value is -0.750. The van der Waals surface area contributed by atoms with Crippen LogP contribution in [0.2, 0.25) is 0 Å². The summed E-state index contributed by atoms with van der Waals surface area (Å²) in [6.07, 6.45) is 3.92. The normalized spacial score (nSPS) is 30.2. The van der Waals surface area contributed by atoms with Gasteiger partial charge in [-0.15, -0.1) is 0 Å². The fraction of sp³-hybridized carbons (Fsp3) is 0.455. The van der Waals surface area contributed by atoms with Crippen LogP contribution < -0.4 is 5.32 Å². The average molecular weight is 327 g/mol. The van der Waals surface area contributed by atoms with Gasteiger partial charge in [0.25, 0.3) is 9.70 Å². The summed E-state index contributed by atoms with van der Waals surface area (Å²) < 4.78 is 3.20. The molecule has 8 heteroatoms. The third-order valence-electron chi connectivity index (χ3n) is 2.81. The molecule has 1 amide bonds. The number of hydrogen-bond acceptors (Lipinski definition) is 4. The number of nitrogens with one attached hydrogen (secondary N) is 1. The summed E-state index contributed by atoms with van der Waals surface area (Å²) in [5, 5.41) is 12.8. The standard InChI is InChI=1S/C11H10Cl3NO4/c12-11(13,14)9(17)15-6-4-10(18)2-1-7(16)3-8(10)19-5-6/h1-3,6,18H,4-5H2,(H,15,17)/t6-,10+/m0/s1. The molecule has 0 aromatic rings. The SMILES string of the molecule is O=C1C=C[C@@]2(O)C[C@H](NC(=O)C(Cl)(Cl)Cl)COC2=C1. The van der Waals surface area contributed by atoms with E-state index in [2.05, 4.69) is 5.32 Å². The van der Waals surface area contributed by atoms with Gasteiger partial charge in [-0.1, -0.05) is 34.8 Å². The largest absolute Gasteiger partial charge is 0.492 e. The molecular formula is C11H10Cl3NO4. The van der Waals surface area contributed by atoms with Gasteiger partial charge in [0, 0.05) is 12.5 Å². The molecule has 1 fully saturated rings. The first-order chi connectivity index (χ1) is 8.71. The third kappa shape index (κ3) is 3.23. The summed E-state index contributed by atoms with van der Waals surface area (Å²) in [4.78, 5) is 22.7. The Labute approximate surface area is 124 Å². The molecule has 0 unspecified atom stereocenters. The van der Waals surface area contributed by atoms with E-state index in [0.29, 0.717) is 0 Å². The van der Waals surface area contributed by atoms with Gasteiger partial charge in [-0.05, 0) is 12.2 Å². The van der Waals surface area contributed by atoms with Crippen LogP contribution in [0.4, 0.5) is 0 Å². The molecule has 1 aliphatic heterocycles. The molecule has 1 heterocycles. The van der Waals surface area contributed by atoms with Gasteiger partial charge in [0.2, 0.25) is 0 Å². The Kier molecular flexibility index (Phi) is 3.84. The molecule has 2 N–H and O–H groups in total. The lowest BCUT2D eigenvalue weighted by Gasteiger charge is -2.38. The maximum atomic E-state index is 11.5. The van der Waals surface area contributed by atoms with E-state index in [1.54, 1.807) is 0 Å². The highest BCUT2D eigenvalue weighted by atomic mass is 35.6. The molecule has 5 nitrogen and oxygen atoms in total. The van der Waals surface area contributed by atoms with E-state index in [1.165, 1.54) is 18.2 Å². The number of alkyl halides is 3. The molecule has 104 valence electrons. The number of amides is 1. The van der Waals surface area contributed by atoms with Crippen LogP contribution in [-0.2, 0) is 14.3 Å². The minimum Gasteiger partial charge on any atom is -0.492 e. The van der Waals surface area contributed by atoms with Crippen LogP contribution in [0, 0.1) is 0 Å². The molecular weight excluding hydrogens is 316 g/mol. The van der Waals surface area contributed by atoms with Crippen molar-refractivity contribution in [3.63, 3.8) is 0 Å². The highest BCUT2D eigenvalue weighted by Gasteiger charge is 2.42. The smallest absolute Gasteiger partial charge is 0.272 e. The van der Waals surface area contributed by atoms with E-state index in [0.717, 1.165) is 0 Å². The summed E-state index contributed by atoms with van der Waals surface area (Å²) >= 11 is 16.3. The van der Waals surface area contributed by atoms with Crippen LogP contribution in [0.15, 0.2) is 24.0 Å². The zero-order valence-corrected chi connectivity index (χ0v) is 11.8. The second-order valence-corrected chi connectivity index (χ2v) is 6.63. The van der Waals surface area contributed by atoms with Gasteiger partial charge < -0.3 is 15.2 Å². The minimum absolute atomic E-state index is 0.0851. The van der Waals surface area contributed by atoms with E-state index < -0.39 is 21.3 Å². The Bertz CT molecular complexity index is 483. The van der Waals surface area contributed by atoms with E-state index in [1.807, 2.05) is 0 Å². The van der Waals surface area contributed by atoms with Crippen molar-refractivity contribution < 1.29 is 19.4 Å². The molecule has 1 saturated heterocycles. The Morgan fingerprint density at radius 2 is 2.21 bits per heavy atom. The number of fused-ring (bicyclic) bond motifs is 1. The van der Waals surface area contributed by atoms with Gasteiger partial charge in [0.1, 0.15) is 18.0 Å². The second kappa shape index (κ2) is 4.98. The fourth-order valence-corrected chi connectivity index (χ4v) is 2.09. The predicted molar refractivity (Wildman–Crippen MR) is 70.0 cm³/mol. The Morgan fingerprint density at radius 3 is 2.84 bits per heavy atom. The van der Waals surface area contributed by atoms with Crippen molar-refractivity contribution in [2.24, 2.45) is 0 Å². The zero-order valence-electron chi connectivity index (χ0n) is 9.53. The zero-order chi connectivity index (χ0) is 14.3. The molecule has 0 saturated carbocycles. The lowest BCUT2D eigenvalue weighted by molar-refractivity contribution is -0.123. The fourth-order valence-electron chi connectivity index (χ4n) is 1.92. The first-order valence-corrected chi connectivity index (χ1v) is 6.52. The summed E-state index contributed by atoms with van der Waals surface area (Å²) in [6.45, 7) is 0.0851. The quantitative estimate of drug-likeness (QED) is 0.705. The van der Waals surface area contributed by atoms with Crippen molar-refractivity contribution in [3.05, 3.63) is 24.0 Å². The van der Waals surface area contributed by atoms with Gasteiger partial charge in [0.05, 0.1) is 6.04 Å². The van der Waals surface area contributed by atoms with Crippen molar-refractivity contribution in [2.75, 3.05) is 6.61 Å². The van der Waals surface area contributed by atoms with Crippen molar-refractivity contribution in [1.82, 2.24) is 5.32 Å². The number of ketones is 1. The monoisotopic (exact) mass is 325 g/mol. The minimum atomic E-state index is -2.07. The number of halogens is 3. The lowest BCUT2D eigenvalue weighted by Crippen LogP contribution is -2.52.